The first-order valence-electron chi connectivity index (χ1n) is 5.90. The number of nitrogens with zero attached hydrogens (tertiary/aromatic N) is 1. The monoisotopic (exact) mass is 349 g/mol. The molecule has 0 aromatic heterocycles. The molecule has 0 fully saturated rings. The molecule has 1 rings (SSSR count). The summed E-state index contributed by atoms with van der Waals surface area (Å²) in [6.45, 7) is 8.16. The van der Waals surface area contributed by atoms with Gasteiger partial charge in [-0.15, -0.1) is 0 Å². The molecule has 0 saturated carbocycles. The van der Waals surface area contributed by atoms with Gasteiger partial charge >= 0.3 is 0 Å². The molecular weight excluding hydrogens is 329 g/mol. The van der Waals surface area contributed by atoms with Crippen LogP contribution < -0.4 is 0 Å². The van der Waals surface area contributed by atoms with Crippen molar-refractivity contribution >= 4 is 34.4 Å². The van der Waals surface area contributed by atoms with Crippen molar-refractivity contribution in [1.82, 2.24) is 0 Å². The highest BCUT2D eigenvalue weighted by Crippen LogP contribution is 2.36. The highest BCUT2D eigenvalue weighted by atomic mass is 127. The van der Waals surface area contributed by atoms with Crippen LogP contribution in [0.4, 0.5) is 0 Å². The van der Waals surface area contributed by atoms with E-state index in [1.54, 1.807) is 0 Å². The van der Waals surface area contributed by atoms with Crippen LogP contribution in [0.25, 0.3) is 0 Å². The third-order valence-electron chi connectivity index (χ3n) is 2.84. The molecule has 0 atom stereocenters. The van der Waals surface area contributed by atoms with Gasteiger partial charge in [0.1, 0.15) is 5.76 Å². The Hall–Kier alpha value is -0.390. The summed E-state index contributed by atoms with van der Waals surface area (Å²) >= 11 is 1.90. The lowest BCUT2D eigenvalue weighted by Crippen LogP contribution is -2.29. The van der Waals surface area contributed by atoms with Crippen LogP contribution in [0.1, 0.15) is 47.0 Å². The second kappa shape index (κ2) is 5.50. The van der Waals surface area contributed by atoms with Gasteiger partial charge in [-0.3, -0.25) is 4.79 Å². The van der Waals surface area contributed by atoms with Crippen LogP contribution in [-0.4, -0.2) is 16.6 Å². The fourth-order valence-electron chi connectivity index (χ4n) is 2.18. The van der Waals surface area contributed by atoms with Crippen LogP contribution in [-0.2, 0) is 4.79 Å². The molecule has 1 aliphatic carbocycles. The summed E-state index contributed by atoms with van der Waals surface area (Å²) in [5.41, 5.74) is 1.06. The highest BCUT2D eigenvalue weighted by molar-refractivity contribution is 14.1. The molecule has 0 heterocycles. The fourth-order valence-corrected chi connectivity index (χ4v) is 2.62. The summed E-state index contributed by atoms with van der Waals surface area (Å²) in [6.07, 6.45) is 1.77. The Kier molecular flexibility index (Phi) is 4.75. The Bertz CT molecular complexity index is 381. The maximum Gasteiger partial charge on any atom is 0.168 e. The van der Waals surface area contributed by atoms with Crippen LogP contribution in [0, 0.1) is 11.3 Å². The van der Waals surface area contributed by atoms with Gasteiger partial charge in [-0.1, -0.05) is 27.7 Å². The van der Waals surface area contributed by atoms with E-state index in [1.165, 1.54) is 0 Å². The van der Waals surface area contributed by atoms with E-state index in [-0.39, 0.29) is 17.0 Å². The summed E-state index contributed by atoms with van der Waals surface area (Å²) in [5, 5.41) is 10.1. The summed E-state index contributed by atoms with van der Waals surface area (Å²) in [4.78, 5) is 12.1. The van der Waals surface area contributed by atoms with Crippen molar-refractivity contribution in [1.29, 1.82) is 0 Å². The molecule has 1 aliphatic rings. The van der Waals surface area contributed by atoms with E-state index in [9.17, 15) is 9.90 Å². The normalized spacial score (nSPS) is 21.3. The Morgan fingerprint density at radius 2 is 2.06 bits per heavy atom. The van der Waals surface area contributed by atoms with Crippen molar-refractivity contribution in [2.24, 2.45) is 14.5 Å². The van der Waals surface area contributed by atoms with Crippen molar-refractivity contribution in [3.63, 3.8) is 0 Å². The number of carbonyl (C=O) groups excluding carboxylic acids is 1. The van der Waals surface area contributed by atoms with Gasteiger partial charge in [-0.2, -0.15) is 0 Å². The van der Waals surface area contributed by atoms with E-state index in [2.05, 4.69) is 17.1 Å². The van der Waals surface area contributed by atoms with Crippen molar-refractivity contribution in [3.8, 4) is 0 Å². The van der Waals surface area contributed by atoms with Gasteiger partial charge in [-0.05, 0) is 17.8 Å². The van der Waals surface area contributed by atoms with E-state index in [0.29, 0.717) is 24.3 Å². The summed E-state index contributed by atoms with van der Waals surface area (Å²) in [7, 11) is 0. The van der Waals surface area contributed by atoms with E-state index < -0.39 is 0 Å². The van der Waals surface area contributed by atoms with Crippen LogP contribution in [0.2, 0.25) is 0 Å². The summed E-state index contributed by atoms with van der Waals surface area (Å²) in [5.74, 6) is 0.656. The first-order chi connectivity index (χ1) is 7.76. The molecule has 0 saturated heterocycles. The number of hydrogen-bond donors (Lipinski definition) is 1. The molecular formula is C13H20INO2. The number of carbonyl (C=O) groups is 1. The summed E-state index contributed by atoms with van der Waals surface area (Å²) in [6, 6.07) is 0. The quantitative estimate of drug-likeness (QED) is 0.618. The highest BCUT2D eigenvalue weighted by Gasteiger charge is 2.34. The lowest BCUT2D eigenvalue weighted by atomic mass is 9.75. The number of aliphatic hydroxyl groups excluding tert-OH is 1. The standard InChI is InChI=1S/C13H20INO2/c1-8(2)5-9(15-14)12-10(16)6-13(3,4)7-11(12)17/h8,16H,5-7H2,1-4H3. The minimum atomic E-state index is -0.140. The van der Waals surface area contributed by atoms with E-state index in [0.717, 1.165) is 12.1 Å². The molecule has 3 nitrogen and oxygen atoms in total. The number of Topliss-reactive ketones (excluding diaryl/α,β-unsaturated/α-hetero) is 1. The Labute approximate surface area is 117 Å². The smallest absolute Gasteiger partial charge is 0.168 e. The Balaban J connectivity index is 3.07. The first kappa shape index (κ1) is 14.7. The predicted octanol–water partition coefficient (Wildman–Crippen LogP) is 4.02. The van der Waals surface area contributed by atoms with E-state index in [4.69, 9.17) is 0 Å². The summed E-state index contributed by atoms with van der Waals surface area (Å²) < 4.78 is 4.15. The van der Waals surface area contributed by atoms with Crippen molar-refractivity contribution in [2.45, 2.75) is 47.0 Å². The molecule has 1 N–H and O–H groups in total. The average Bonchev–Trinajstić information content (AvgIpc) is 2.12. The molecule has 0 aromatic carbocycles. The zero-order valence-corrected chi connectivity index (χ0v) is 13.0. The molecule has 0 aliphatic heterocycles. The Morgan fingerprint density at radius 1 is 1.47 bits per heavy atom. The van der Waals surface area contributed by atoms with Crippen LogP contribution >= 0.6 is 22.9 Å². The SMILES string of the molecule is CC(C)CC(=NI)C1=C(O)CC(C)(C)CC1=O. The van der Waals surface area contributed by atoms with Crippen molar-refractivity contribution in [2.75, 3.05) is 0 Å². The molecule has 0 bridgehead atoms. The number of allylic oxidation sites excluding steroid dienone is 2. The van der Waals surface area contributed by atoms with Gasteiger partial charge in [0, 0.05) is 12.8 Å². The largest absolute Gasteiger partial charge is 0.511 e. The van der Waals surface area contributed by atoms with Gasteiger partial charge in [0.2, 0.25) is 0 Å². The molecule has 0 unspecified atom stereocenters. The molecule has 0 spiro atoms. The van der Waals surface area contributed by atoms with Gasteiger partial charge in [0.05, 0.1) is 34.1 Å². The van der Waals surface area contributed by atoms with Crippen LogP contribution in [0.15, 0.2) is 14.5 Å². The molecule has 0 radical (unpaired) electrons. The number of halogens is 1. The maximum absolute atomic E-state index is 12.1. The predicted molar refractivity (Wildman–Crippen MR) is 78.6 cm³/mol. The number of aliphatic hydroxyl groups is 1. The lowest BCUT2D eigenvalue weighted by molar-refractivity contribution is -0.117. The molecule has 4 heteroatoms. The minimum absolute atomic E-state index is 0.0230. The van der Waals surface area contributed by atoms with Gasteiger partial charge in [0.25, 0.3) is 0 Å². The van der Waals surface area contributed by atoms with Crippen molar-refractivity contribution < 1.29 is 9.90 Å². The first-order valence-corrected chi connectivity index (χ1v) is 6.87. The number of rotatable bonds is 3. The van der Waals surface area contributed by atoms with Gasteiger partial charge in [-0.25, -0.2) is 3.21 Å². The van der Waals surface area contributed by atoms with Crippen LogP contribution in [0.3, 0.4) is 0 Å². The van der Waals surface area contributed by atoms with Gasteiger partial charge in [0.15, 0.2) is 5.78 Å². The minimum Gasteiger partial charge on any atom is -0.511 e. The molecule has 96 valence electrons. The Morgan fingerprint density at radius 3 is 2.47 bits per heavy atom. The molecule has 17 heavy (non-hydrogen) atoms. The maximum atomic E-state index is 12.1. The molecule has 0 aromatic rings. The van der Waals surface area contributed by atoms with Crippen LogP contribution in [0.5, 0.6) is 0 Å². The van der Waals surface area contributed by atoms with Crippen molar-refractivity contribution in [3.05, 3.63) is 11.3 Å². The number of hydrogen-bond acceptors (Lipinski definition) is 3. The lowest BCUT2D eigenvalue weighted by Gasteiger charge is -2.30. The van der Waals surface area contributed by atoms with E-state index >= 15 is 0 Å². The third-order valence-corrected chi connectivity index (χ3v) is 3.43. The zero-order valence-electron chi connectivity index (χ0n) is 10.9. The van der Waals surface area contributed by atoms with Gasteiger partial charge < -0.3 is 5.11 Å². The number of ketones is 1. The third kappa shape index (κ3) is 3.79. The zero-order chi connectivity index (χ0) is 13.2. The molecule has 0 amide bonds. The topological polar surface area (TPSA) is 49.7 Å². The van der Waals surface area contributed by atoms with E-state index in [1.807, 2.05) is 36.7 Å². The second-order valence-electron chi connectivity index (χ2n) is 5.89. The second-order valence-corrected chi connectivity index (χ2v) is 6.37. The fraction of sp³-hybridized carbons (Fsp3) is 0.692. The average molecular weight is 349 g/mol.